The lowest BCUT2D eigenvalue weighted by atomic mass is 10.1. The third-order valence-corrected chi connectivity index (χ3v) is 3.76. The monoisotopic (exact) mass is 339 g/mol. The van der Waals surface area contributed by atoms with Crippen LogP contribution in [-0.2, 0) is 0 Å². The number of carbonyl (C=O) groups excluding carboxylic acids is 2. The van der Waals surface area contributed by atoms with Crippen molar-refractivity contribution < 1.29 is 9.59 Å². The summed E-state index contributed by atoms with van der Waals surface area (Å²) in [6.45, 7) is 3.52. The molecule has 2 aromatic carbocycles. The fourth-order valence-electron chi connectivity index (χ4n) is 2.34. The first kappa shape index (κ1) is 18.7. The number of hydrogen-bond acceptors (Lipinski definition) is 3. The molecule has 0 aliphatic carbocycles. The van der Waals surface area contributed by atoms with Crippen molar-refractivity contribution >= 4 is 17.5 Å². The standard InChI is InChI=1S/C20H25N3O2/c1-15-8-10-18(11-9-15)22-20(25)17-7-4-6-16(14-17)19(24)21-12-5-13-23(2)3/h4,6-11,14H,5,12-13H2,1-3H3,(H,21,24)(H,22,25). The van der Waals surface area contributed by atoms with E-state index in [2.05, 4.69) is 15.5 Å². The maximum Gasteiger partial charge on any atom is 0.255 e. The van der Waals surface area contributed by atoms with Crippen molar-refractivity contribution in [2.75, 3.05) is 32.5 Å². The van der Waals surface area contributed by atoms with Gasteiger partial charge in [-0.3, -0.25) is 9.59 Å². The molecule has 2 aromatic rings. The molecular formula is C20H25N3O2. The van der Waals surface area contributed by atoms with Gasteiger partial charge in [-0.1, -0.05) is 23.8 Å². The summed E-state index contributed by atoms with van der Waals surface area (Å²) in [6, 6.07) is 14.3. The van der Waals surface area contributed by atoms with Crippen LogP contribution in [0.5, 0.6) is 0 Å². The average molecular weight is 339 g/mol. The van der Waals surface area contributed by atoms with Gasteiger partial charge in [0.25, 0.3) is 11.8 Å². The maximum atomic E-state index is 12.4. The van der Waals surface area contributed by atoms with Crippen molar-refractivity contribution in [3.8, 4) is 0 Å². The number of hydrogen-bond donors (Lipinski definition) is 2. The molecular weight excluding hydrogens is 314 g/mol. The molecule has 132 valence electrons. The number of benzene rings is 2. The number of carbonyl (C=O) groups is 2. The molecule has 5 heteroatoms. The van der Waals surface area contributed by atoms with Crippen LogP contribution in [0.25, 0.3) is 0 Å². The van der Waals surface area contributed by atoms with Crippen LogP contribution in [0.15, 0.2) is 48.5 Å². The molecule has 0 aliphatic rings. The van der Waals surface area contributed by atoms with E-state index in [1.165, 1.54) is 0 Å². The lowest BCUT2D eigenvalue weighted by Crippen LogP contribution is -2.27. The van der Waals surface area contributed by atoms with Gasteiger partial charge in [-0.25, -0.2) is 0 Å². The highest BCUT2D eigenvalue weighted by molar-refractivity contribution is 6.06. The first-order valence-corrected chi connectivity index (χ1v) is 8.37. The maximum absolute atomic E-state index is 12.4. The fraction of sp³-hybridized carbons (Fsp3) is 0.300. The van der Waals surface area contributed by atoms with Gasteiger partial charge in [0, 0.05) is 23.4 Å². The molecule has 2 amide bonds. The molecule has 0 spiro atoms. The minimum atomic E-state index is -0.230. The summed E-state index contributed by atoms with van der Waals surface area (Å²) >= 11 is 0. The number of amides is 2. The summed E-state index contributed by atoms with van der Waals surface area (Å²) in [5.74, 6) is -0.394. The van der Waals surface area contributed by atoms with Crippen LogP contribution in [0.1, 0.15) is 32.7 Å². The van der Waals surface area contributed by atoms with E-state index >= 15 is 0 Å². The Kier molecular flexibility index (Phi) is 6.71. The van der Waals surface area contributed by atoms with Gasteiger partial charge in [0.05, 0.1) is 0 Å². The van der Waals surface area contributed by atoms with Gasteiger partial charge in [-0.05, 0) is 64.3 Å². The summed E-state index contributed by atoms with van der Waals surface area (Å²) in [6.07, 6.45) is 0.881. The van der Waals surface area contributed by atoms with E-state index in [0.717, 1.165) is 24.2 Å². The van der Waals surface area contributed by atoms with Gasteiger partial charge in [-0.2, -0.15) is 0 Å². The summed E-state index contributed by atoms with van der Waals surface area (Å²) in [7, 11) is 4.00. The summed E-state index contributed by atoms with van der Waals surface area (Å²) in [5, 5.41) is 5.72. The molecule has 0 atom stereocenters. The zero-order chi connectivity index (χ0) is 18.2. The first-order chi connectivity index (χ1) is 12.0. The summed E-state index contributed by atoms with van der Waals surface area (Å²) in [5.41, 5.74) is 2.81. The summed E-state index contributed by atoms with van der Waals surface area (Å²) in [4.78, 5) is 26.6. The molecule has 0 fully saturated rings. The highest BCUT2D eigenvalue weighted by Crippen LogP contribution is 2.12. The van der Waals surface area contributed by atoms with Gasteiger partial charge in [0.15, 0.2) is 0 Å². The van der Waals surface area contributed by atoms with Crippen LogP contribution in [-0.4, -0.2) is 43.9 Å². The van der Waals surface area contributed by atoms with Crippen LogP contribution in [0.2, 0.25) is 0 Å². The summed E-state index contributed by atoms with van der Waals surface area (Å²) < 4.78 is 0. The highest BCUT2D eigenvalue weighted by Gasteiger charge is 2.10. The molecule has 0 saturated carbocycles. The molecule has 2 rings (SSSR count). The Morgan fingerprint density at radius 1 is 0.960 bits per heavy atom. The molecule has 0 unspecified atom stereocenters. The van der Waals surface area contributed by atoms with Crippen molar-refractivity contribution in [3.63, 3.8) is 0 Å². The van der Waals surface area contributed by atoms with Gasteiger partial charge in [-0.15, -0.1) is 0 Å². The molecule has 25 heavy (non-hydrogen) atoms. The predicted octanol–water partition coefficient (Wildman–Crippen LogP) is 2.93. The Hall–Kier alpha value is -2.66. The van der Waals surface area contributed by atoms with E-state index in [0.29, 0.717) is 17.7 Å². The Morgan fingerprint density at radius 2 is 1.60 bits per heavy atom. The number of rotatable bonds is 7. The van der Waals surface area contributed by atoms with Crippen molar-refractivity contribution in [2.45, 2.75) is 13.3 Å². The topological polar surface area (TPSA) is 61.4 Å². The quantitative estimate of drug-likeness (QED) is 0.763. The minimum absolute atomic E-state index is 0.163. The third kappa shape index (κ3) is 6.04. The van der Waals surface area contributed by atoms with Crippen molar-refractivity contribution in [2.24, 2.45) is 0 Å². The predicted molar refractivity (Wildman–Crippen MR) is 101 cm³/mol. The second kappa shape index (κ2) is 8.99. The van der Waals surface area contributed by atoms with Crippen LogP contribution in [0.4, 0.5) is 5.69 Å². The molecule has 0 aromatic heterocycles. The zero-order valence-corrected chi connectivity index (χ0v) is 15.0. The Bertz CT molecular complexity index is 724. The molecule has 0 heterocycles. The Labute approximate surface area is 149 Å². The fourth-order valence-corrected chi connectivity index (χ4v) is 2.34. The zero-order valence-electron chi connectivity index (χ0n) is 15.0. The van der Waals surface area contributed by atoms with E-state index in [1.807, 2.05) is 45.3 Å². The van der Waals surface area contributed by atoms with Crippen molar-refractivity contribution in [3.05, 3.63) is 65.2 Å². The van der Waals surface area contributed by atoms with Gasteiger partial charge < -0.3 is 15.5 Å². The van der Waals surface area contributed by atoms with Gasteiger partial charge in [0.2, 0.25) is 0 Å². The Morgan fingerprint density at radius 3 is 2.24 bits per heavy atom. The second-order valence-corrected chi connectivity index (χ2v) is 6.31. The van der Waals surface area contributed by atoms with Crippen molar-refractivity contribution in [1.82, 2.24) is 10.2 Å². The van der Waals surface area contributed by atoms with Crippen LogP contribution < -0.4 is 10.6 Å². The number of anilines is 1. The van der Waals surface area contributed by atoms with Crippen LogP contribution in [0.3, 0.4) is 0 Å². The SMILES string of the molecule is Cc1ccc(NC(=O)c2cccc(C(=O)NCCCN(C)C)c2)cc1. The molecule has 0 aliphatic heterocycles. The van der Waals surface area contributed by atoms with E-state index in [4.69, 9.17) is 0 Å². The minimum Gasteiger partial charge on any atom is -0.352 e. The second-order valence-electron chi connectivity index (χ2n) is 6.31. The third-order valence-electron chi connectivity index (χ3n) is 3.76. The average Bonchev–Trinajstić information content (AvgIpc) is 2.60. The number of aryl methyl sites for hydroxylation is 1. The van der Waals surface area contributed by atoms with Crippen LogP contribution in [0, 0.1) is 6.92 Å². The van der Waals surface area contributed by atoms with E-state index in [9.17, 15) is 9.59 Å². The number of nitrogens with one attached hydrogen (secondary N) is 2. The lowest BCUT2D eigenvalue weighted by molar-refractivity contribution is 0.0952. The lowest BCUT2D eigenvalue weighted by Gasteiger charge is -2.10. The highest BCUT2D eigenvalue weighted by atomic mass is 16.2. The first-order valence-electron chi connectivity index (χ1n) is 8.37. The largest absolute Gasteiger partial charge is 0.352 e. The van der Waals surface area contributed by atoms with Crippen molar-refractivity contribution in [1.29, 1.82) is 0 Å². The Balaban J connectivity index is 1.96. The molecule has 0 saturated heterocycles. The smallest absolute Gasteiger partial charge is 0.255 e. The van der Waals surface area contributed by atoms with E-state index < -0.39 is 0 Å². The van der Waals surface area contributed by atoms with Gasteiger partial charge >= 0.3 is 0 Å². The normalized spacial score (nSPS) is 10.6. The van der Waals surface area contributed by atoms with Crippen LogP contribution >= 0.6 is 0 Å². The molecule has 0 bridgehead atoms. The molecule has 0 radical (unpaired) electrons. The van der Waals surface area contributed by atoms with E-state index in [1.54, 1.807) is 24.3 Å². The van der Waals surface area contributed by atoms with Gasteiger partial charge in [0.1, 0.15) is 0 Å². The van der Waals surface area contributed by atoms with E-state index in [-0.39, 0.29) is 11.8 Å². The molecule has 2 N–H and O–H groups in total. The number of nitrogens with zero attached hydrogens (tertiary/aromatic N) is 1. The molecule has 5 nitrogen and oxygen atoms in total.